The molecule has 1 fully saturated rings. The highest BCUT2D eigenvalue weighted by Crippen LogP contribution is 2.21. The fraction of sp³-hybridized carbons (Fsp3) is 0.692. The van der Waals surface area contributed by atoms with Crippen LogP contribution < -0.4 is 0 Å². The van der Waals surface area contributed by atoms with E-state index in [-0.39, 0.29) is 0 Å². The molecule has 5 heteroatoms. The zero-order chi connectivity index (χ0) is 12.8. The van der Waals surface area contributed by atoms with Gasteiger partial charge < -0.3 is 4.74 Å². The fourth-order valence-electron chi connectivity index (χ4n) is 2.33. The van der Waals surface area contributed by atoms with Crippen LogP contribution in [0.5, 0.6) is 0 Å². The molecule has 0 spiro atoms. The van der Waals surface area contributed by atoms with Crippen molar-refractivity contribution >= 4 is 15.9 Å². The molecule has 0 unspecified atom stereocenters. The number of aryl methyl sites for hydroxylation is 1. The first kappa shape index (κ1) is 13.6. The molecule has 0 N–H and O–H groups in total. The van der Waals surface area contributed by atoms with Crippen molar-refractivity contribution in [2.24, 2.45) is 5.92 Å². The summed E-state index contributed by atoms with van der Waals surface area (Å²) in [5.41, 5.74) is 0.472. The number of nitrogens with zero attached hydrogens (tertiary/aromatic N) is 3. The van der Waals surface area contributed by atoms with Gasteiger partial charge in [-0.1, -0.05) is 12.8 Å². The van der Waals surface area contributed by atoms with Crippen LogP contribution in [0.25, 0.3) is 0 Å². The maximum atomic E-state index is 8.81. The molecule has 0 radical (unpaired) electrons. The number of ether oxygens (including phenoxy) is 1. The Kier molecular flexibility index (Phi) is 5.21. The van der Waals surface area contributed by atoms with Crippen molar-refractivity contribution in [2.75, 3.05) is 13.2 Å². The molecule has 4 nitrogen and oxygen atoms in total. The fourth-order valence-corrected chi connectivity index (χ4v) is 2.73. The summed E-state index contributed by atoms with van der Waals surface area (Å²) >= 11 is 3.33. The van der Waals surface area contributed by atoms with Gasteiger partial charge in [0.15, 0.2) is 5.69 Å². The van der Waals surface area contributed by atoms with E-state index in [9.17, 15) is 0 Å². The Labute approximate surface area is 116 Å². The third-order valence-electron chi connectivity index (χ3n) is 3.41. The molecule has 18 heavy (non-hydrogen) atoms. The lowest BCUT2D eigenvalue weighted by Crippen LogP contribution is -2.15. The summed E-state index contributed by atoms with van der Waals surface area (Å²) in [6, 6.07) is 2.07. The summed E-state index contributed by atoms with van der Waals surface area (Å²) in [4.78, 5) is 0. The standard InChI is InChI=1S/C13H18BrN3O/c14-12-10-17(16-13(12)9-15)6-2-1-3-11-4-7-18-8-5-11/h10-11H,1-8H2. The Bertz CT molecular complexity index is 418. The molecule has 1 aromatic heterocycles. The summed E-state index contributed by atoms with van der Waals surface area (Å²) in [5.74, 6) is 0.845. The average Bonchev–Trinajstić information content (AvgIpc) is 2.76. The molecule has 0 aliphatic carbocycles. The van der Waals surface area contributed by atoms with Crippen LogP contribution in [-0.2, 0) is 11.3 Å². The summed E-state index contributed by atoms with van der Waals surface area (Å²) in [6.07, 6.45) is 7.95. The molecule has 98 valence electrons. The molecule has 0 amide bonds. The first-order valence-electron chi connectivity index (χ1n) is 6.50. The normalized spacial score (nSPS) is 16.7. The summed E-state index contributed by atoms with van der Waals surface area (Å²) in [7, 11) is 0. The highest BCUT2D eigenvalue weighted by molar-refractivity contribution is 9.10. The van der Waals surface area contributed by atoms with E-state index in [1.807, 2.05) is 10.9 Å². The largest absolute Gasteiger partial charge is 0.381 e. The van der Waals surface area contributed by atoms with E-state index >= 15 is 0 Å². The number of unbranched alkanes of at least 4 members (excludes halogenated alkanes) is 1. The number of rotatable bonds is 5. The topological polar surface area (TPSA) is 50.8 Å². The number of nitriles is 1. The van der Waals surface area contributed by atoms with E-state index < -0.39 is 0 Å². The highest BCUT2D eigenvalue weighted by atomic mass is 79.9. The molecule has 0 bridgehead atoms. The van der Waals surface area contributed by atoms with Crippen LogP contribution in [0.4, 0.5) is 0 Å². The molecule has 2 heterocycles. The van der Waals surface area contributed by atoms with E-state index in [2.05, 4.69) is 27.1 Å². The lowest BCUT2D eigenvalue weighted by molar-refractivity contribution is 0.0630. The predicted molar refractivity (Wildman–Crippen MR) is 72.0 cm³/mol. The average molecular weight is 312 g/mol. The number of hydrogen-bond acceptors (Lipinski definition) is 3. The second-order valence-corrected chi connectivity index (χ2v) is 5.61. The van der Waals surface area contributed by atoms with Crippen LogP contribution in [0, 0.1) is 17.2 Å². The van der Waals surface area contributed by atoms with Gasteiger partial charge >= 0.3 is 0 Å². The Hall–Kier alpha value is -0.860. The van der Waals surface area contributed by atoms with Crippen molar-refractivity contribution in [2.45, 2.75) is 38.6 Å². The van der Waals surface area contributed by atoms with Crippen LogP contribution >= 0.6 is 15.9 Å². The van der Waals surface area contributed by atoms with Crippen molar-refractivity contribution < 1.29 is 4.74 Å². The third kappa shape index (κ3) is 3.82. The molecule has 0 aromatic carbocycles. The first-order valence-corrected chi connectivity index (χ1v) is 7.29. The number of aromatic nitrogens is 2. The van der Waals surface area contributed by atoms with Crippen LogP contribution in [0.3, 0.4) is 0 Å². The maximum Gasteiger partial charge on any atom is 0.176 e. The van der Waals surface area contributed by atoms with E-state index in [1.54, 1.807) is 0 Å². The minimum absolute atomic E-state index is 0.472. The Morgan fingerprint density at radius 1 is 1.44 bits per heavy atom. The van der Waals surface area contributed by atoms with Gasteiger partial charge in [0, 0.05) is 26.0 Å². The zero-order valence-corrected chi connectivity index (χ0v) is 12.0. The van der Waals surface area contributed by atoms with Gasteiger partial charge in [0.1, 0.15) is 6.07 Å². The van der Waals surface area contributed by atoms with Gasteiger partial charge in [0.2, 0.25) is 0 Å². The van der Waals surface area contributed by atoms with Gasteiger partial charge in [-0.25, -0.2) is 0 Å². The second-order valence-electron chi connectivity index (χ2n) is 4.75. The van der Waals surface area contributed by atoms with Crippen molar-refractivity contribution in [1.82, 2.24) is 9.78 Å². The van der Waals surface area contributed by atoms with Crippen molar-refractivity contribution in [3.63, 3.8) is 0 Å². The smallest absolute Gasteiger partial charge is 0.176 e. The van der Waals surface area contributed by atoms with Gasteiger partial charge in [0.25, 0.3) is 0 Å². The SMILES string of the molecule is N#Cc1nn(CCCCC2CCOCC2)cc1Br. The van der Waals surface area contributed by atoms with Crippen molar-refractivity contribution in [3.8, 4) is 6.07 Å². The summed E-state index contributed by atoms with van der Waals surface area (Å²) < 4.78 is 7.99. The van der Waals surface area contributed by atoms with Crippen LogP contribution in [0.15, 0.2) is 10.7 Å². The Balaban J connectivity index is 1.67. The zero-order valence-electron chi connectivity index (χ0n) is 10.4. The van der Waals surface area contributed by atoms with E-state index in [4.69, 9.17) is 10.00 Å². The molecular formula is C13H18BrN3O. The molecule has 0 atom stereocenters. The molecule has 1 saturated heterocycles. The van der Waals surface area contributed by atoms with E-state index in [0.29, 0.717) is 5.69 Å². The van der Waals surface area contributed by atoms with E-state index in [0.717, 1.165) is 36.6 Å². The lowest BCUT2D eigenvalue weighted by atomic mass is 9.94. The first-order chi connectivity index (χ1) is 8.79. The summed E-state index contributed by atoms with van der Waals surface area (Å²) in [5, 5.41) is 13.0. The van der Waals surface area contributed by atoms with Gasteiger partial charge in [-0.2, -0.15) is 10.4 Å². The maximum absolute atomic E-state index is 8.81. The van der Waals surface area contributed by atoms with Crippen molar-refractivity contribution in [3.05, 3.63) is 16.4 Å². The Morgan fingerprint density at radius 2 is 2.22 bits per heavy atom. The van der Waals surface area contributed by atoms with Crippen LogP contribution in [0.1, 0.15) is 37.8 Å². The molecular weight excluding hydrogens is 294 g/mol. The van der Waals surface area contributed by atoms with Gasteiger partial charge in [-0.3, -0.25) is 4.68 Å². The minimum Gasteiger partial charge on any atom is -0.381 e. The third-order valence-corrected chi connectivity index (χ3v) is 3.99. The molecule has 0 saturated carbocycles. The van der Waals surface area contributed by atoms with Gasteiger partial charge in [-0.15, -0.1) is 0 Å². The number of hydrogen-bond donors (Lipinski definition) is 0. The molecule has 2 rings (SSSR count). The quantitative estimate of drug-likeness (QED) is 0.785. The summed E-state index contributed by atoms with van der Waals surface area (Å²) in [6.45, 7) is 2.76. The monoisotopic (exact) mass is 311 g/mol. The predicted octanol–water partition coefficient (Wildman–Crippen LogP) is 3.11. The Morgan fingerprint density at radius 3 is 2.89 bits per heavy atom. The molecule has 1 aromatic rings. The highest BCUT2D eigenvalue weighted by Gasteiger charge is 2.13. The molecule has 1 aliphatic rings. The minimum atomic E-state index is 0.472. The van der Waals surface area contributed by atoms with E-state index in [1.165, 1.54) is 25.7 Å². The van der Waals surface area contributed by atoms with Gasteiger partial charge in [0.05, 0.1) is 4.47 Å². The second kappa shape index (κ2) is 6.91. The van der Waals surface area contributed by atoms with Crippen LogP contribution in [0.2, 0.25) is 0 Å². The van der Waals surface area contributed by atoms with Gasteiger partial charge in [-0.05, 0) is 41.1 Å². The number of halogens is 1. The van der Waals surface area contributed by atoms with Crippen molar-refractivity contribution in [1.29, 1.82) is 5.26 Å². The lowest BCUT2D eigenvalue weighted by Gasteiger charge is -2.21. The molecule has 1 aliphatic heterocycles. The van der Waals surface area contributed by atoms with Crippen LogP contribution in [-0.4, -0.2) is 23.0 Å².